The van der Waals surface area contributed by atoms with Crippen LogP contribution in [0.25, 0.3) is 6.08 Å². The van der Waals surface area contributed by atoms with Crippen molar-refractivity contribution in [1.29, 1.82) is 0 Å². The van der Waals surface area contributed by atoms with E-state index in [4.69, 9.17) is 11.6 Å². The van der Waals surface area contributed by atoms with E-state index in [9.17, 15) is 14.4 Å². The van der Waals surface area contributed by atoms with Gasteiger partial charge in [0, 0.05) is 33.2 Å². The topological polar surface area (TPSA) is 54.5 Å². The quantitative estimate of drug-likeness (QED) is 0.366. The third-order valence-electron chi connectivity index (χ3n) is 8.01. The van der Waals surface area contributed by atoms with Crippen molar-refractivity contribution < 1.29 is 18.8 Å². The van der Waals surface area contributed by atoms with Gasteiger partial charge in [0.15, 0.2) is 17.3 Å². The number of benzene rings is 3. The predicted octanol–water partition coefficient (Wildman–Crippen LogP) is 6.53. The molecule has 3 atom stereocenters. The summed E-state index contributed by atoms with van der Waals surface area (Å²) in [5.41, 5.74) is -0.246. The molecule has 4 nitrogen and oxygen atoms in total. The van der Waals surface area contributed by atoms with Crippen molar-refractivity contribution in [1.82, 2.24) is 0 Å². The molecule has 1 aliphatic carbocycles. The van der Waals surface area contributed by atoms with E-state index in [1.54, 1.807) is 54.6 Å². The van der Waals surface area contributed by atoms with Gasteiger partial charge in [-0.1, -0.05) is 87.0 Å². The highest BCUT2D eigenvalue weighted by Crippen LogP contribution is 2.61. The molecule has 1 saturated heterocycles. The van der Waals surface area contributed by atoms with Crippen molar-refractivity contribution in [2.75, 3.05) is 4.90 Å². The Morgan fingerprint density at radius 3 is 2.19 bits per heavy atom. The SMILES string of the molecule is CC(C)(C)C(=O)[C@@H]1[C@H](c2ccccc2F)C2(C(=O)c3ccccc3C2=O)[C@@H]2C=Cc3cc(Cl)ccc3N12. The Hall–Kier alpha value is -3.57. The van der Waals surface area contributed by atoms with Crippen LogP contribution in [0.2, 0.25) is 5.02 Å². The van der Waals surface area contributed by atoms with Crippen molar-refractivity contribution >= 4 is 40.7 Å². The van der Waals surface area contributed by atoms with E-state index < -0.39 is 34.6 Å². The molecule has 0 amide bonds. The number of fused-ring (bicyclic) bond motifs is 5. The zero-order chi connectivity index (χ0) is 26.3. The number of anilines is 1. The summed E-state index contributed by atoms with van der Waals surface area (Å²) in [7, 11) is 0. The number of hydrogen-bond acceptors (Lipinski definition) is 4. The Kier molecular flexibility index (Phi) is 5.12. The van der Waals surface area contributed by atoms with Crippen LogP contribution < -0.4 is 4.90 Å². The fourth-order valence-corrected chi connectivity index (χ4v) is 6.64. The van der Waals surface area contributed by atoms with Crippen LogP contribution in [0, 0.1) is 16.6 Å². The van der Waals surface area contributed by atoms with Crippen LogP contribution in [0.4, 0.5) is 10.1 Å². The van der Waals surface area contributed by atoms with Crippen molar-refractivity contribution in [3.63, 3.8) is 0 Å². The van der Waals surface area contributed by atoms with Gasteiger partial charge in [0.25, 0.3) is 0 Å². The Labute approximate surface area is 219 Å². The summed E-state index contributed by atoms with van der Waals surface area (Å²) in [6.07, 6.45) is 3.65. The van der Waals surface area contributed by atoms with E-state index >= 15 is 4.39 Å². The maximum Gasteiger partial charge on any atom is 0.180 e. The second-order valence-electron chi connectivity index (χ2n) is 11.0. The van der Waals surface area contributed by atoms with Crippen LogP contribution in [-0.4, -0.2) is 29.4 Å². The number of halogens is 2. The molecule has 0 saturated carbocycles. The summed E-state index contributed by atoms with van der Waals surface area (Å²) in [4.78, 5) is 45.0. The lowest BCUT2D eigenvalue weighted by Gasteiger charge is -2.38. The second kappa shape index (κ2) is 7.96. The average molecular weight is 514 g/mol. The highest BCUT2D eigenvalue weighted by molar-refractivity contribution is 6.32. The maximum absolute atomic E-state index is 15.6. The molecule has 1 fully saturated rings. The Balaban J connectivity index is 1.72. The van der Waals surface area contributed by atoms with Gasteiger partial charge in [0.2, 0.25) is 0 Å². The van der Waals surface area contributed by atoms with Gasteiger partial charge in [0.1, 0.15) is 11.2 Å². The highest BCUT2D eigenvalue weighted by atomic mass is 35.5. The summed E-state index contributed by atoms with van der Waals surface area (Å²) in [5, 5.41) is 0.528. The van der Waals surface area contributed by atoms with Gasteiger partial charge in [-0.3, -0.25) is 14.4 Å². The Morgan fingerprint density at radius 2 is 1.57 bits per heavy atom. The molecule has 6 rings (SSSR count). The monoisotopic (exact) mass is 513 g/mol. The molecule has 37 heavy (non-hydrogen) atoms. The number of ketones is 3. The molecule has 3 aromatic rings. The number of Topliss-reactive ketones (excluding diaryl/α,β-unsaturated/α-hetero) is 3. The molecule has 0 unspecified atom stereocenters. The molecule has 0 N–H and O–H groups in total. The van der Waals surface area contributed by atoms with Crippen molar-refractivity contribution in [2.45, 2.75) is 38.8 Å². The first-order valence-corrected chi connectivity index (χ1v) is 12.7. The van der Waals surface area contributed by atoms with E-state index in [0.717, 1.165) is 5.56 Å². The lowest BCUT2D eigenvalue weighted by atomic mass is 9.63. The van der Waals surface area contributed by atoms with Crippen molar-refractivity contribution in [3.8, 4) is 0 Å². The molecule has 1 spiro atoms. The minimum Gasteiger partial charge on any atom is -0.352 e. The van der Waals surface area contributed by atoms with Gasteiger partial charge in [-0.15, -0.1) is 0 Å². The average Bonchev–Trinajstić information content (AvgIpc) is 3.29. The van der Waals surface area contributed by atoms with E-state index in [1.807, 2.05) is 43.9 Å². The van der Waals surface area contributed by atoms with Gasteiger partial charge >= 0.3 is 0 Å². The number of carbonyl (C=O) groups is 3. The summed E-state index contributed by atoms with van der Waals surface area (Å²) in [5.74, 6) is -2.50. The van der Waals surface area contributed by atoms with Crippen LogP contribution in [0.1, 0.15) is 58.5 Å². The van der Waals surface area contributed by atoms with Crippen LogP contribution in [0.5, 0.6) is 0 Å². The van der Waals surface area contributed by atoms with Gasteiger partial charge in [0.05, 0.1) is 12.1 Å². The highest BCUT2D eigenvalue weighted by Gasteiger charge is 2.72. The van der Waals surface area contributed by atoms with Crippen LogP contribution in [0.3, 0.4) is 0 Å². The molecule has 2 heterocycles. The number of carbonyl (C=O) groups excluding carboxylic acids is 3. The number of rotatable bonds is 2. The Bertz CT molecular complexity index is 1500. The molecular weight excluding hydrogens is 489 g/mol. The van der Waals surface area contributed by atoms with Crippen molar-refractivity contribution in [2.24, 2.45) is 10.8 Å². The molecule has 3 aliphatic rings. The molecule has 186 valence electrons. The molecule has 6 heteroatoms. The number of hydrogen-bond donors (Lipinski definition) is 0. The minimum atomic E-state index is -1.70. The number of nitrogens with zero attached hydrogens (tertiary/aromatic N) is 1. The third-order valence-corrected chi connectivity index (χ3v) is 8.25. The third kappa shape index (κ3) is 3.10. The van der Waals surface area contributed by atoms with Gasteiger partial charge in [-0.2, -0.15) is 0 Å². The van der Waals surface area contributed by atoms with Crippen LogP contribution in [0.15, 0.2) is 72.8 Å². The van der Waals surface area contributed by atoms with Crippen LogP contribution in [-0.2, 0) is 4.79 Å². The van der Waals surface area contributed by atoms with Gasteiger partial charge in [-0.25, -0.2) is 4.39 Å². The predicted molar refractivity (Wildman–Crippen MR) is 142 cm³/mol. The molecule has 2 aliphatic heterocycles. The largest absolute Gasteiger partial charge is 0.352 e. The summed E-state index contributed by atoms with van der Waals surface area (Å²) >= 11 is 6.29. The Morgan fingerprint density at radius 1 is 0.946 bits per heavy atom. The second-order valence-corrected chi connectivity index (χ2v) is 11.5. The first-order valence-electron chi connectivity index (χ1n) is 12.3. The van der Waals surface area contributed by atoms with E-state index in [2.05, 4.69) is 0 Å². The molecular formula is C31H25ClFNO3. The van der Waals surface area contributed by atoms with Gasteiger partial charge in [-0.05, 0) is 35.4 Å². The minimum absolute atomic E-state index is 0.171. The van der Waals surface area contributed by atoms with E-state index in [-0.39, 0.29) is 22.9 Å². The van der Waals surface area contributed by atoms with Crippen molar-refractivity contribution in [3.05, 3.63) is 106 Å². The standard InChI is InChI=1S/C31H25ClFNO3/c1-30(2,3)29(37)26-25(21-10-6-7-11-22(21)33)31(27(35)19-8-4-5-9-20(19)28(31)36)24-15-12-17-16-18(32)13-14-23(17)34(24)26/h4-16,24-26H,1-3H3/t24-,25-,26-/m0/s1. The van der Waals surface area contributed by atoms with E-state index in [1.165, 1.54) is 6.07 Å². The van der Waals surface area contributed by atoms with E-state index in [0.29, 0.717) is 21.8 Å². The summed E-state index contributed by atoms with van der Waals surface area (Å²) < 4.78 is 15.6. The van der Waals surface area contributed by atoms with Crippen LogP contribution >= 0.6 is 11.6 Å². The normalized spacial score (nSPS) is 23.3. The molecule has 0 radical (unpaired) electrons. The zero-order valence-corrected chi connectivity index (χ0v) is 21.4. The fourth-order valence-electron chi connectivity index (χ4n) is 6.46. The molecule has 0 bridgehead atoms. The smallest absolute Gasteiger partial charge is 0.180 e. The summed E-state index contributed by atoms with van der Waals surface area (Å²) in [6.45, 7) is 5.43. The lowest BCUT2D eigenvalue weighted by molar-refractivity contribution is -0.127. The maximum atomic E-state index is 15.6. The fraction of sp³-hybridized carbons (Fsp3) is 0.258. The zero-order valence-electron chi connectivity index (χ0n) is 20.7. The first-order chi connectivity index (χ1) is 17.6. The molecule has 3 aromatic carbocycles. The van der Waals surface area contributed by atoms with Gasteiger partial charge < -0.3 is 4.90 Å². The molecule has 0 aromatic heterocycles. The summed E-state index contributed by atoms with van der Waals surface area (Å²) in [6, 6.07) is 16.5. The first kappa shape index (κ1) is 23.8. The lowest BCUT2D eigenvalue weighted by Crippen LogP contribution is -2.49.